The number of nitro groups is 1. The van der Waals surface area contributed by atoms with Crippen LogP contribution >= 0.6 is 0 Å². The van der Waals surface area contributed by atoms with Crippen LogP contribution in [0.25, 0.3) is 0 Å². The monoisotopic (exact) mass is 331 g/mol. The molecule has 2 aromatic rings. The second kappa shape index (κ2) is 7.45. The molecule has 0 radical (unpaired) electrons. The zero-order valence-corrected chi connectivity index (χ0v) is 13.6. The fourth-order valence-corrected chi connectivity index (χ4v) is 2.06. The predicted octanol–water partition coefficient (Wildman–Crippen LogP) is 3.53. The summed E-state index contributed by atoms with van der Waals surface area (Å²) in [6, 6.07) is 9.19. The van der Waals surface area contributed by atoms with Crippen molar-refractivity contribution in [2.45, 2.75) is 13.8 Å². The fraction of sp³-hybridized carbons (Fsp3) is 0.235. The summed E-state index contributed by atoms with van der Waals surface area (Å²) in [5.74, 6) is -0.128. The van der Waals surface area contributed by atoms with Crippen molar-refractivity contribution >= 4 is 11.7 Å². The highest BCUT2D eigenvalue weighted by Gasteiger charge is 2.26. The largest absolute Gasteiger partial charge is 0.493 e. The number of nitro benzene ring substituents is 1. The van der Waals surface area contributed by atoms with Crippen LogP contribution in [0.2, 0.25) is 0 Å². The maximum atomic E-state index is 12.3. The second-order valence-corrected chi connectivity index (χ2v) is 4.91. The van der Waals surface area contributed by atoms with Gasteiger partial charge < -0.3 is 14.2 Å². The number of esters is 1. The third-order valence-corrected chi connectivity index (χ3v) is 3.23. The van der Waals surface area contributed by atoms with Gasteiger partial charge in [-0.15, -0.1) is 0 Å². The topological polar surface area (TPSA) is 87.9 Å². The van der Waals surface area contributed by atoms with Crippen molar-refractivity contribution < 1.29 is 23.9 Å². The molecule has 0 unspecified atom stereocenters. The van der Waals surface area contributed by atoms with E-state index < -0.39 is 16.6 Å². The Morgan fingerprint density at radius 2 is 1.83 bits per heavy atom. The molecule has 0 aliphatic heterocycles. The maximum Gasteiger partial charge on any atom is 0.350 e. The van der Waals surface area contributed by atoms with E-state index in [0.717, 1.165) is 11.6 Å². The molecule has 0 saturated heterocycles. The van der Waals surface area contributed by atoms with Gasteiger partial charge in [-0.2, -0.15) is 0 Å². The third-order valence-electron chi connectivity index (χ3n) is 3.23. The third kappa shape index (κ3) is 3.81. The van der Waals surface area contributed by atoms with Crippen LogP contribution in [0.4, 0.5) is 5.69 Å². The first-order chi connectivity index (χ1) is 11.5. The summed E-state index contributed by atoms with van der Waals surface area (Å²) >= 11 is 0. The van der Waals surface area contributed by atoms with Gasteiger partial charge in [-0.25, -0.2) is 4.79 Å². The number of ether oxygens (including phenoxy) is 3. The minimum atomic E-state index is -0.841. The highest BCUT2D eigenvalue weighted by molar-refractivity contribution is 5.96. The van der Waals surface area contributed by atoms with Crippen LogP contribution in [-0.2, 0) is 0 Å². The second-order valence-electron chi connectivity index (χ2n) is 4.91. The van der Waals surface area contributed by atoms with Crippen LogP contribution in [0, 0.1) is 17.0 Å². The van der Waals surface area contributed by atoms with Gasteiger partial charge in [0.05, 0.1) is 24.7 Å². The van der Waals surface area contributed by atoms with Crippen molar-refractivity contribution in [3.05, 3.63) is 57.6 Å². The van der Waals surface area contributed by atoms with Crippen molar-refractivity contribution in [2.24, 2.45) is 0 Å². The zero-order chi connectivity index (χ0) is 17.7. The number of benzene rings is 2. The molecule has 0 atom stereocenters. The average molecular weight is 331 g/mol. The van der Waals surface area contributed by atoms with E-state index in [1.807, 2.05) is 6.92 Å². The van der Waals surface area contributed by atoms with Crippen LogP contribution in [0.15, 0.2) is 36.4 Å². The first-order valence-corrected chi connectivity index (χ1v) is 7.24. The van der Waals surface area contributed by atoms with Crippen LogP contribution < -0.4 is 14.2 Å². The summed E-state index contributed by atoms with van der Waals surface area (Å²) in [5, 5.41) is 11.3. The molecule has 0 heterocycles. The number of nitrogens with zero attached hydrogens (tertiary/aromatic N) is 1. The smallest absolute Gasteiger partial charge is 0.350 e. The molecule has 0 aliphatic carbocycles. The Balaban J connectivity index is 2.41. The van der Waals surface area contributed by atoms with E-state index in [1.165, 1.54) is 13.2 Å². The molecule has 2 rings (SSSR count). The molecule has 2 aromatic carbocycles. The van der Waals surface area contributed by atoms with Crippen molar-refractivity contribution in [1.29, 1.82) is 0 Å². The lowest BCUT2D eigenvalue weighted by molar-refractivity contribution is -0.385. The van der Waals surface area contributed by atoms with Crippen molar-refractivity contribution in [3.63, 3.8) is 0 Å². The predicted molar refractivity (Wildman–Crippen MR) is 87.0 cm³/mol. The number of hydrogen-bond donors (Lipinski definition) is 0. The summed E-state index contributed by atoms with van der Waals surface area (Å²) in [5.41, 5.74) is 0.390. The van der Waals surface area contributed by atoms with Crippen molar-refractivity contribution in [1.82, 2.24) is 0 Å². The van der Waals surface area contributed by atoms with Gasteiger partial charge in [-0.05, 0) is 26.0 Å². The summed E-state index contributed by atoms with van der Waals surface area (Å²) in [7, 11) is 1.39. The first kappa shape index (κ1) is 17.3. The lowest BCUT2D eigenvalue weighted by Crippen LogP contribution is -2.12. The molecular formula is C17H17NO6. The molecule has 126 valence electrons. The van der Waals surface area contributed by atoms with E-state index in [1.54, 1.807) is 31.2 Å². The van der Waals surface area contributed by atoms with Crippen molar-refractivity contribution in [2.75, 3.05) is 13.7 Å². The Kier molecular flexibility index (Phi) is 5.36. The Bertz CT molecular complexity index is 754. The number of hydrogen-bond acceptors (Lipinski definition) is 6. The van der Waals surface area contributed by atoms with Crippen molar-refractivity contribution in [3.8, 4) is 17.2 Å². The van der Waals surface area contributed by atoms with Gasteiger partial charge in [0.15, 0.2) is 11.5 Å². The van der Waals surface area contributed by atoms with E-state index in [0.29, 0.717) is 12.4 Å². The minimum Gasteiger partial charge on any atom is -0.493 e. The van der Waals surface area contributed by atoms with Crippen LogP contribution in [0.3, 0.4) is 0 Å². The van der Waals surface area contributed by atoms with Crippen LogP contribution in [0.1, 0.15) is 22.8 Å². The normalized spacial score (nSPS) is 10.1. The molecule has 24 heavy (non-hydrogen) atoms. The highest BCUT2D eigenvalue weighted by Crippen LogP contribution is 2.35. The summed E-state index contributed by atoms with van der Waals surface area (Å²) in [4.78, 5) is 23.0. The lowest BCUT2D eigenvalue weighted by atomic mass is 10.1. The quantitative estimate of drug-likeness (QED) is 0.348. The maximum absolute atomic E-state index is 12.3. The summed E-state index contributed by atoms with van der Waals surface area (Å²) in [6.45, 7) is 3.94. The lowest BCUT2D eigenvalue weighted by Gasteiger charge is -2.11. The summed E-state index contributed by atoms with van der Waals surface area (Å²) < 4.78 is 15.6. The zero-order valence-electron chi connectivity index (χ0n) is 13.6. The SMILES string of the molecule is CCOc1cc([N+](=O)[O-])c(C(=O)Oc2ccc(C)cc2)cc1OC. The van der Waals surface area contributed by atoms with Gasteiger partial charge in [0.2, 0.25) is 0 Å². The molecule has 7 heteroatoms. The van der Waals surface area contributed by atoms with Gasteiger partial charge in [-0.3, -0.25) is 10.1 Å². The molecule has 0 saturated carbocycles. The van der Waals surface area contributed by atoms with E-state index in [4.69, 9.17) is 14.2 Å². The fourth-order valence-electron chi connectivity index (χ4n) is 2.06. The molecule has 0 spiro atoms. The molecule has 0 aliphatic rings. The van der Waals surface area contributed by atoms with Gasteiger partial charge in [0.25, 0.3) is 5.69 Å². The molecule has 0 bridgehead atoms. The average Bonchev–Trinajstić information content (AvgIpc) is 2.56. The number of carbonyl (C=O) groups is 1. The minimum absolute atomic E-state index is 0.193. The van der Waals surface area contributed by atoms with E-state index >= 15 is 0 Å². The Morgan fingerprint density at radius 3 is 2.38 bits per heavy atom. The highest BCUT2D eigenvalue weighted by atomic mass is 16.6. The number of methoxy groups -OCH3 is 1. The van der Waals surface area contributed by atoms with Crippen LogP contribution in [0.5, 0.6) is 17.2 Å². The molecule has 0 aromatic heterocycles. The molecule has 7 nitrogen and oxygen atoms in total. The molecule has 0 N–H and O–H groups in total. The van der Waals surface area contributed by atoms with E-state index in [2.05, 4.69) is 0 Å². The van der Waals surface area contributed by atoms with Gasteiger partial charge in [0, 0.05) is 6.07 Å². The first-order valence-electron chi connectivity index (χ1n) is 7.24. The number of rotatable bonds is 6. The number of carbonyl (C=O) groups excluding carboxylic acids is 1. The van der Waals surface area contributed by atoms with Gasteiger partial charge in [0.1, 0.15) is 11.3 Å². The van der Waals surface area contributed by atoms with E-state index in [9.17, 15) is 14.9 Å². The van der Waals surface area contributed by atoms with E-state index in [-0.39, 0.29) is 17.1 Å². The molecule has 0 amide bonds. The number of aryl methyl sites for hydroxylation is 1. The summed E-state index contributed by atoms with van der Waals surface area (Å²) in [6.07, 6.45) is 0. The van der Waals surface area contributed by atoms with Gasteiger partial charge in [-0.1, -0.05) is 17.7 Å². The van der Waals surface area contributed by atoms with Gasteiger partial charge >= 0.3 is 5.97 Å². The Morgan fingerprint density at radius 1 is 1.17 bits per heavy atom. The standard InChI is InChI=1S/C17H17NO6/c1-4-23-16-10-14(18(20)21)13(9-15(16)22-3)17(19)24-12-7-5-11(2)6-8-12/h5-10H,4H2,1-3H3. The van der Waals surface area contributed by atoms with Crippen LogP contribution in [-0.4, -0.2) is 24.6 Å². The molecular weight excluding hydrogens is 314 g/mol. The molecule has 0 fully saturated rings. The Hall–Kier alpha value is -3.09. The Labute approximate surface area is 138 Å².